The molecular formula is C15H29NO6. The quantitative estimate of drug-likeness (QED) is 0.616. The van der Waals surface area contributed by atoms with Crippen molar-refractivity contribution in [2.75, 3.05) is 0 Å². The maximum Gasteiger partial charge on any atom is 0.303 e. The first-order chi connectivity index (χ1) is 9.79. The molecule has 4 N–H and O–H groups in total. The molecule has 1 unspecified atom stereocenters. The minimum Gasteiger partial charge on any atom is -0.481 e. The highest BCUT2D eigenvalue weighted by Gasteiger charge is 2.46. The van der Waals surface area contributed by atoms with Crippen LogP contribution in [-0.4, -0.2) is 60.7 Å². The first-order valence-electron chi connectivity index (χ1n) is 7.39. The summed E-state index contributed by atoms with van der Waals surface area (Å²) in [5.74, 6) is -2.15. The van der Waals surface area contributed by atoms with Crippen LogP contribution in [0.4, 0.5) is 0 Å². The molecule has 1 rings (SSSR count). The van der Waals surface area contributed by atoms with Crippen LogP contribution in [0, 0.1) is 0 Å². The summed E-state index contributed by atoms with van der Waals surface area (Å²) >= 11 is 0. The summed E-state index contributed by atoms with van der Waals surface area (Å²) in [5.41, 5.74) is -0.287. The highest BCUT2D eigenvalue weighted by molar-refractivity contribution is 5.75. The molecule has 1 aliphatic heterocycles. The predicted molar refractivity (Wildman–Crippen MR) is 81.4 cm³/mol. The lowest BCUT2D eigenvalue weighted by Crippen LogP contribution is -2.64. The maximum atomic E-state index is 9.78. The fraction of sp³-hybridized carbons (Fsp3) is 0.867. The van der Waals surface area contributed by atoms with Crippen molar-refractivity contribution in [2.45, 2.75) is 83.7 Å². The first-order valence-corrected chi connectivity index (χ1v) is 7.39. The van der Waals surface area contributed by atoms with Crippen molar-refractivity contribution in [1.82, 2.24) is 4.90 Å². The summed E-state index contributed by atoms with van der Waals surface area (Å²) in [4.78, 5) is 21.4. The van der Waals surface area contributed by atoms with Crippen LogP contribution < -0.4 is 0 Å². The van der Waals surface area contributed by atoms with Crippen molar-refractivity contribution in [2.24, 2.45) is 0 Å². The Hall–Kier alpha value is -1.18. The summed E-state index contributed by atoms with van der Waals surface area (Å²) in [6.07, 6.45) is 0.135. The maximum absolute atomic E-state index is 9.78. The van der Waals surface area contributed by atoms with Gasteiger partial charge in [-0.1, -0.05) is 0 Å². The second kappa shape index (κ2) is 7.89. The first kappa shape index (κ1) is 20.8. The lowest BCUT2D eigenvalue weighted by molar-refractivity contribution is -0.155. The number of carboxylic acids is 2. The minimum atomic E-state index is -1.08. The van der Waals surface area contributed by atoms with E-state index in [9.17, 15) is 19.8 Å². The Morgan fingerprint density at radius 1 is 1.05 bits per heavy atom. The minimum absolute atomic E-state index is 0.144. The van der Waals surface area contributed by atoms with E-state index >= 15 is 0 Å². The fourth-order valence-electron chi connectivity index (χ4n) is 3.47. The molecule has 22 heavy (non-hydrogen) atoms. The predicted octanol–water partition coefficient (Wildman–Crippen LogP) is 1.27. The highest BCUT2D eigenvalue weighted by atomic mass is 16.4. The number of piperidine rings is 1. The number of rotatable bonds is 4. The van der Waals surface area contributed by atoms with Gasteiger partial charge in [-0.3, -0.25) is 14.5 Å². The van der Waals surface area contributed by atoms with Gasteiger partial charge in [0.25, 0.3) is 0 Å². The molecule has 0 aromatic heterocycles. The van der Waals surface area contributed by atoms with Gasteiger partial charge in [0.1, 0.15) is 6.23 Å². The number of nitrogens with zero attached hydrogens (tertiary/aromatic N) is 1. The molecule has 0 bridgehead atoms. The van der Waals surface area contributed by atoms with Crippen molar-refractivity contribution in [1.29, 1.82) is 0 Å². The second-order valence-corrected chi connectivity index (χ2v) is 6.98. The van der Waals surface area contributed by atoms with Crippen LogP contribution in [0.2, 0.25) is 0 Å². The molecule has 1 saturated heterocycles. The van der Waals surface area contributed by atoms with Crippen molar-refractivity contribution >= 4 is 11.9 Å². The molecule has 0 radical (unpaired) electrons. The van der Waals surface area contributed by atoms with Gasteiger partial charge < -0.3 is 20.4 Å². The Bertz CT molecular complexity index is 359. The Morgan fingerprint density at radius 2 is 1.36 bits per heavy atom. The molecule has 0 saturated carbocycles. The van der Waals surface area contributed by atoms with Gasteiger partial charge in [-0.05, 0) is 47.5 Å². The lowest BCUT2D eigenvalue weighted by atomic mass is 9.78. The molecule has 1 aliphatic rings. The molecule has 130 valence electrons. The highest BCUT2D eigenvalue weighted by Crippen LogP contribution is 2.39. The van der Waals surface area contributed by atoms with Crippen LogP contribution >= 0.6 is 0 Å². The van der Waals surface area contributed by atoms with Gasteiger partial charge in [0.2, 0.25) is 0 Å². The van der Waals surface area contributed by atoms with E-state index in [1.165, 1.54) is 0 Å². The summed E-state index contributed by atoms with van der Waals surface area (Å²) < 4.78 is 0. The van der Waals surface area contributed by atoms with Gasteiger partial charge in [-0.2, -0.15) is 0 Å². The van der Waals surface area contributed by atoms with E-state index in [0.717, 1.165) is 12.8 Å². The van der Waals surface area contributed by atoms with E-state index < -0.39 is 18.2 Å². The number of hydrogen-bond donors (Lipinski definition) is 4. The Kier molecular flexibility index (Phi) is 7.47. The van der Waals surface area contributed by atoms with Crippen LogP contribution in [0.15, 0.2) is 0 Å². The van der Waals surface area contributed by atoms with Crippen molar-refractivity contribution in [3.63, 3.8) is 0 Å². The molecule has 7 nitrogen and oxygen atoms in total. The summed E-state index contributed by atoms with van der Waals surface area (Å²) in [6, 6.07) is 0. The number of aliphatic hydroxyl groups is 2. The molecule has 0 aromatic carbocycles. The smallest absolute Gasteiger partial charge is 0.303 e. The second-order valence-electron chi connectivity index (χ2n) is 6.98. The van der Waals surface area contributed by atoms with E-state index in [1.54, 1.807) is 6.92 Å². The average Bonchev–Trinajstić information content (AvgIpc) is 2.21. The average molecular weight is 319 g/mol. The number of carbonyl (C=O) groups is 2. The van der Waals surface area contributed by atoms with Crippen LogP contribution in [-0.2, 0) is 9.59 Å². The third kappa shape index (κ3) is 6.72. The van der Waals surface area contributed by atoms with Gasteiger partial charge in [0.15, 0.2) is 0 Å². The zero-order chi connectivity index (χ0) is 17.7. The number of carboxylic acid groups (broad SMARTS) is 2. The third-order valence-electron chi connectivity index (χ3n) is 3.70. The summed E-state index contributed by atoms with van der Waals surface area (Å²) in [6.45, 7) is 10.1. The molecule has 0 amide bonds. The zero-order valence-corrected chi connectivity index (χ0v) is 14.0. The van der Waals surface area contributed by atoms with Crippen molar-refractivity contribution in [3.8, 4) is 0 Å². The molecule has 7 heteroatoms. The SMILES string of the molecule is CC(O)N1C(C)(C)CC(O)CC1(C)C.O=C(O)CCC(=O)O. The third-order valence-corrected chi connectivity index (χ3v) is 3.70. The Labute approximate surface area is 131 Å². The Balaban J connectivity index is 0.000000472. The monoisotopic (exact) mass is 319 g/mol. The van der Waals surface area contributed by atoms with Crippen molar-refractivity contribution < 1.29 is 30.0 Å². The molecule has 0 aromatic rings. The fourth-order valence-corrected chi connectivity index (χ4v) is 3.47. The standard InChI is InChI=1S/C11H23NO2.C4H6O4/c1-8(13)12-10(2,3)6-9(14)7-11(12,4)5;5-3(6)1-2-4(7)8/h8-9,13-14H,6-7H2,1-5H3;1-2H2,(H,5,6)(H,7,8). The van der Waals surface area contributed by atoms with E-state index in [2.05, 4.69) is 32.6 Å². The largest absolute Gasteiger partial charge is 0.481 e. The topological polar surface area (TPSA) is 118 Å². The number of likely N-dealkylation sites (tertiary alicyclic amines) is 1. The van der Waals surface area contributed by atoms with Gasteiger partial charge in [0.05, 0.1) is 18.9 Å². The lowest BCUT2D eigenvalue weighted by Gasteiger charge is -2.55. The van der Waals surface area contributed by atoms with Crippen LogP contribution in [0.25, 0.3) is 0 Å². The van der Waals surface area contributed by atoms with Crippen LogP contribution in [0.3, 0.4) is 0 Å². The van der Waals surface area contributed by atoms with E-state index in [4.69, 9.17) is 10.2 Å². The van der Waals surface area contributed by atoms with Gasteiger partial charge >= 0.3 is 11.9 Å². The number of aliphatic carboxylic acids is 2. The molecule has 0 aliphatic carbocycles. The molecular weight excluding hydrogens is 290 g/mol. The van der Waals surface area contributed by atoms with E-state index in [-0.39, 0.29) is 30.0 Å². The molecule has 1 atom stereocenters. The summed E-state index contributed by atoms with van der Waals surface area (Å²) in [5, 5.41) is 35.3. The van der Waals surface area contributed by atoms with E-state index in [1.807, 2.05) is 0 Å². The summed E-state index contributed by atoms with van der Waals surface area (Å²) in [7, 11) is 0. The van der Waals surface area contributed by atoms with Gasteiger partial charge in [-0.15, -0.1) is 0 Å². The molecule has 1 heterocycles. The number of hydrogen-bond acceptors (Lipinski definition) is 5. The normalized spacial score (nSPS) is 22.3. The van der Waals surface area contributed by atoms with Crippen molar-refractivity contribution in [3.05, 3.63) is 0 Å². The zero-order valence-electron chi connectivity index (χ0n) is 14.0. The molecule has 0 spiro atoms. The molecule has 1 fully saturated rings. The van der Waals surface area contributed by atoms with Crippen LogP contribution in [0.5, 0.6) is 0 Å². The van der Waals surface area contributed by atoms with Crippen LogP contribution in [0.1, 0.15) is 60.3 Å². The van der Waals surface area contributed by atoms with Gasteiger partial charge in [-0.25, -0.2) is 0 Å². The Morgan fingerprint density at radius 3 is 1.59 bits per heavy atom. The number of aliphatic hydroxyl groups excluding tert-OH is 2. The van der Waals surface area contributed by atoms with Gasteiger partial charge in [0, 0.05) is 11.1 Å². The van der Waals surface area contributed by atoms with E-state index in [0.29, 0.717) is 0 Å².